The minimum absolute atomic E-state index is 0.0393. The topological polar surface area (TPSA) is 419 Å². The fourth-order valence-electron chi connectivity index (χ4n) is 11.5. The molecule has 12 heterocycles. The molecule has 0 atom stereocenters. The van der Waals surface area contributed by atoms with Crippen LogP contribution in [0.4, 0.5) is 49.1 Å². The second-order valence-corrected chi connectivity index (χ2v) is 32.2. The number of hydrogen-bond acceptors (Lipinski definition) is 22. The molecule has 0 bridgehead atoms. The summed E-state index contributed by atoms with van der Waals surface area (Å²) in [6, 6.07) is 41.2. The SMILES string of the molecule is COc1ncc(-c2ccn3ncc(C#N)c3c2)cc1NS(=O)(=O)c1ccc(F)cc1.COc1ncc(-c2ccn3ncc(C#N)c3c2)cc1NS(=O)(=O)c1ccc(F)cc1F.N#Cc1cnn2ccc(-c3cnc(Cl)c(NS(=O)(=O)c4ccc(F)cc4)c3)cc12.N#Cc1cnn2ccc(-c3cnc(Cl)c(NS(=O)(=O)c4ccc(F)cc4F)c3)cc12. The van der Waals surface area contributed by atoms with E-state index in [2.05, 4.69) is 71.4 Å². The van der Waals surface area contributed by atoms with E-state index < -0.39 is 84.8 Å². The van der Waals surface area contributed by atoms with Crippen LogP contribution < -0.4 is 28.4 Å². The number of ether oxygens (including phenoxy) is 2. The molecule has 0 saturated carbocycles. The number of rotatable bonds is 18. The average Bonchev–Trinajstić information content (AvgIpc) is 1.43. The van der Waals surface area contributed by atoms with Gasteiger partial charge in [-0.15, -0.1) is 0 Å². The zero-order valence-corrected chi connectivity index (χ0v) is 65.6. The maximum absolute atomic E-state index is 14.0. The van der Waals surface area contributed by atoms with Gasteiger partial charge < -0.3 is 9.47 Å². The molecule has 600 valence electrons. The van der Waals surface area contributed by atoms with Gasteiger partial charge in [0.1, 0.15) is 80.3 Å². The van der Waals surface area contributed by atoms with Crippen molar-refractivity contribution in [1.82, 2.24) is 58.4 Å². The highest BCUT2D eigenvalue weighted by Gasteiger charge is 2.26. The number of halogens is 8. The molecule has 0 unspecified atom stereocenters. The van der Waals surface area contributed by atoms with Crippen LogP contribution in [0, 0.1) is 80.2 Å². The summed E-state index contributed by atoms with van der Waals surface area (Å²) in [6.45, 7) is 0. The lowest BCUT2D eigenvalue weighted by atomic mass is 10.1. The Morgan fingerprint density at radius 1 is 0.325 bits per heavy atom. The van der Waals surface area contributed by atoms with Crippen LogP contribution in [-0.4, -0.2) is 106 Å². The second kappa shape index (κ2) is 34.4. The molecule has 0 radical (unpaired) electrons. The van der Waals surface area contributed by atoms with E-state index in [1.807, 2.05) is 12.1 Å². The summed E-state index contributed by atoms with van der Waals surface area (Å²) in [6.07, 6.45) is 18.4. The fraction of sp³-hybridized carbons (Fsp3) is 0.0256. The van der Waals surface area contributed by atoms with Gasteiger partial charge in [-0.1, -0.05) is 23.2 Å². The second-order valence-electron chi connectivity index (χ2n) is 24.8. The lowest BCUT2D eigenvalue weighted by molar-refractivity contribution is 0.400. The predicted octanol–water partition coefficient (Wildman–Crippen LogP) is 14.4. The number of hydrogen-bond donors (Lipinski definition) is 4. The van der Waals surface area contributed by atoms with Crippen LogP contribution in [0.5, 0.6) is 11.8 Å². The molecule has 0 aliphatic carbocycles. The molecule has 0 aliphatic rings. The first-order valence-electron chi connectivity index (χ1n) is 33.8. The van der Waals surface area contributed by atoms with E-state index in [1.165, 1.54) is 103 Å². The lowest BCUT2D eigenvalue weighted by Gasteiger charge is -2.13. The molecule has 16 aromatic rings. The van der Waals surface area contributed by atoms with Gasteiger partial charge in [0.15, 0.2) is 10.3 Å². The standard InChI is InChI=1S/C20H13F2N5O3S.C20H14FN5O3S.C19H10ClF2N5O2S.C19H11ClFN5O2S/c1-30-20-17(26-31(28,29)19-3-2-15(21)8-16(19)22)6-13(10-24-20)12-4-5-27-18(7-12)14(9-23)11-25-27;1-29-20-18(25-30(27,28)17-4-2-16(21)3-5-17)8-14(11-23-20)13-6-7-26-19(9-13)15(10-22)12-24-26;20-19-16(26-30(28,29)18-2-1-14(21)7-15(18)22)5-12(9-24-19)11-3-4-27-17(6-11)13(8-23)10-25-27;20-19-17(25-29(27,28)16-3-1-15(21)2-4-16)7-13(10-23-19)12-5-6-26-18(8-12)14(9-22)11-24-26/h2-8,10-11,26H,1H3;2-9,11-12,25H,1H3;1-7,9-10,26H;1-8,10-11,25H. The molecule has 0 aliphatic heterocycles. The van der Waals surface area contributed by atoms with Crippen LogP contribution in [0.3, 0.4) is 0 Å². The molecule has 0 saturated heterocycles. The summed E-state index contributed by atoms with van der Waals surface area (Å²) < 4.78 is 207. The summed E-state index contributed by atoms with van der Waals surface area (Å²) in [5.41, 5.74) is 8.78. The molecule has 12 aromatic heterocycles. The van der Waals surface area contributed by atoms with Gasteiger partial charge in [-0.3, -0.25) is 18.9 Å². The van der Waals surface area contributed by atoms with Crippen molar-refractivity contribution in [2.24, 2.45) is 0 Å². The van der Waals surface area contributed by atoms with Crippen LogP contribution in [-0.2, 0) is 40.1 Å². The third-order valence-corrected chi connectivity index (χ3v) is 23.4. The maximum Gasteiger partial charge on any atom is 0.264 e. The molecule has 0 amide bonds. The van der Waals surface area contributed by atoms with Gasteiger partial charge in [0.2, 0.25) is 11.8 Å². The van der Waals surface area contributed by atoms with E-state index in [4.69, 9.17) is 32.7 Å². The normalized spacial score (nSPS) is 11.3. The highest BCUT2D eigenvalue weighted by molar-refractivity contribution is 7.93. The van der Waals surface area contributed by atoms with Crippen molar-refractivity contribution in [3.63, 3.8) is 0 Å². The zero-order chi connectivity index (χ0) is 85.5. The highest BCUT2D eigenvalue weighted by atomic mass is 35.5. The van der Waals surface area contributed by atoms with Crippen LogP contribution >= 0.6 is 23.2 Å². The molecule has 120 heavy (non-hydrogen) atoms. The van der Waals surface area contributed by atoms with E-state index in [0.29, 0.717) is 101 Å². The molecular weight excluding hydrogens is 1690 g/mol. The minimum atomic E-state index is -4.40. The number of fused-ring (bicyclic) bond motifs is 4. The van der Waals surface area contributed by atoms with Gasteiger partial charge in [0, 0.05) is 84.0 Å². The maximum atomic E-state index is 14.0. The van der Waals surface area contributed by atoms with Crippen molar-refractivity contribution < 1.29 is 69.5 Å². The first kappa shape index (κ1) is 82.9. The Kier molecular flexibility index (Phi) is 23.8. The summed E-state index contributed by atoms with van der Waals surface area (Å²) in [5.74, 6) is -5.32. The van der Waals surface area contributed by atoms with Gasteiger partial charge in [0.25, 0.3) is 40.1 Å². The van der Waals surface area contributed by atoms with Crippen LogP contribution in [0.1, 0.15) is 22.3 Å². The Morgan fingerprint density at radius 3 is 0.883 bits per heavy atom. The molecule has 0 fully saturated rings. The largest absolute Gasteiger partial charge is 0.480 e. The van der Waals surface area contributed by atoms with Gasteiger partial charge in [-0.2, -0.15) is 41.4 Å². The zero-order valence-electron chi connectivity index (χ0n) is 60.8. The number of anilines is 4. The molecule has 0 spiro atoms. The van der Waals surface area contributed by atoms with Crippen LogP contribution in [0.15, 0.2) is 252 Å². The lowest BCUT2D eigenvalue weighted by Crippen LogP contribution is -2.15. The van der Waals surface area contributed by atoms with Crippen molar-refractivity contribution >= 4 is 108 Å². The first-order valence-corrected chi connectivity index (χ1v) is 40.5. The Bertz CT molecular complexity index is 7430. The smallest absolute Gasteiger partial charge is 0.264 e. The van der Waals surface area contributed by atoms with Gasteiger partial charge in [0.05, 0.1) is 104 Å². The Morgan fingerprint density at radius 2 is 0.592 bits per heavy atom. The quantitative estimate of drug-likeness (QED) is 0.0458. The number of benzene rings is 4. The molecule has 16 rings (SSSR count). The molecular formula is C78H48Cl2F6N20O10S4. The number of nitrogens with one attached hydrogen (secondary N) is 4. The third-order valence-electron chi connectivity index (χ3n) is 17.3. The first-order chi connectivity index (χ1) is 57.4. The van der Waals surface area contributed by atoms with Crippen molar-refractivity contribution in [1.29, 1.82) is 21.0 Å². The predicted molar refractivity (Wildman–Crippen MR) is 424 cm³/mol. The van der Waals surface area contributed by atoms with Gasteiger partial charge in [-0.05, 0) is 168 Å². The van der Waals surface area contributed by atoms with E-state index in [0.717, 1.165) is 60.7 Å². The van der Waals surface area contributed by atoms with Crippen LogP contribution in [0.25, 0.3) is 66.6 Å². The molecule has 42 heteroatoms. The number of nitrogens with zero attached hydrogens (tertiary/aromatic N) is 16. The number of methoxy groups -OCH3 is 2. The van der Waals surface area contributed by atoms with E-state index >= 15 is 0 Å². The Hall–Kier alpha value is -15.0. The Labute approximate surface area is 685 Å². The highest BCUT2D eigenvalue weighted by Crippen LogP contribution is 2.37. The van der Waals surface area contributed by atoms with Crippen LogP contribution in [0.2, 0.25) is 10.3 Å². The van der Waals surface area contributed by atoms with Gasteiger partial charge >= 0.3 is 0 Å². The average molecular weight is 1740 g/mol. The van der Waals surface area contributed by atoms with Crippen molar-refractivity contribution in [2.45, 2.75) is 19.6 Å². The monoisotopic (exact) mass is 1740 g/mol. The van der Waals surface area contributed by atoms with Crippen molar-refractivity contribution in [2.75, 3.05) is 33.1 Å². The number of pyridine rings is 8. The van der Waals surface area contributed by atoms with E-state index in [-0.39, 0.29) is 54.6 Å². The van der Waals surface area contributed by atoms with Gasteiger partial charge in [-0.25, -0.2) is 98.0 Å². The molecule has 4 N–H and O–H groups in total. The molecule has 30 nitrogen and oxygen atoms in total. The summed E-state index contributed by atoms with van der Waals surface area (Å²) in [5, 5.41) is 52.9. The summed E-state index contributed by atoms with van der Waals surface area (Å²) >= 11 is 12.1. The minimum Gasteiger partial charge on any atom is -0.480 e. The van der Waals surface area contributed by atoms with Crippen molar-refractivity contribution in [3.05, 3.63) is 300 Å². The summed E-state index contributed by atoms with van der Waals surface area (Å²) in [4.78, 5) is 14.6. The molecule has 4 aromatic carbocycles. The number of sulfonamides is 4. The third kappa shape index (κ3) is 18.1. The van der Waals surface area contributed by atoms with E-state index in [1.54, 1.807) is 88.4 Å². The fourth-order valence-corrected chi connectivity index (χ4v) is 16.2. The Balaban J connectivity index is 0.000000138. The number of nitriles is 4. The van der Waals surface area contributed by atoms with E-state index in [9.17, 15) is 81.1 Å². The van der Waals surface area contributed by atoms with Crippen molar-refractivity contribution in [3.8, 4) is 80.5 Å². The number of aromatic nitrogens is 12. The summed E-state index contributed by atoms with van der Waals surface area (Å²) in [7, 11) is -14.1.